The molecule has 2 N–H and O–H groups in total. The van der Waals surface area contributed by atoms with Crippen LogP contribution in [-0.4, -0.2) is 47.0 Å². The van der Waals surface area contributed by atoms with Crippen LogP contribution in [0.5, 0.6) is 5.75 Å². The van der Waals surface area contributed by atoms with Crippen LogP contribution in [0.15, 0.2) is 52.4 Å². The summed E-state index contributed by atoms with van der Waals surface area (Å²) in [7, 11) is -3.20. The highest BCUT2D eigenvalue weighted by Crippen LogP contribution is 2.20. The van der Waals surface area contributed by atoms with Crippen LogP contribution < -0.4 is 15.4 Å². The first-order chi connectivity index (χ1) is 14.8. The second kappa shape index (κ2) is 12.3. The molecule has 0 spiro atoms. The number of rotatable bonds is 11. The number of nitrogens with one attached hydrogen (secondary N) is 2. The van der Waals surface area contributed by atoms with Gasteiger partial charge >= 0.3 is 0 Å². The first kappa shape index (κ1) is 24.7. The van der Waals surface area contributed by atoms with E-state index in [2.05, 4.69) is 21.7 Å². The van der Waals surface area contributed by atoms with Crippen molar-refractivity contribution in [2.45, 2.75) is 38.8 Å². The summed E-state index contributed by atoms with van der Waals surface area (Å²) in [4.78, 5) is 4.92. The number of aliphatic imine (C=N–C) groups is 1. The summed E-state index contributed by atoms with van der Waals surface area (Å²) in [5.74, 6) is 1.51. The number of hydrogen-bond donors (Lipinski definition) is 2. The zero-order chi connectivity index (χ0) is 22.7. The lowest BCUT2D eigenvalue weighted by atomic mass is 10.1. The van der Waals surface area contributed by atoms with Crippen molar-refractivity contribution in [1.82, 2.24) is 10.6 Å². The topological polar surface area (TPSA) is 89.0 Å². The predicted molar refractivity (Wildman–Crippen MR) is 124 cm³/mol. The fourth-order valence-electron chi connectivity index (χ4n) is 2.83. The molecule has 0 aliphatic carbocycles. The van der Waals surface area contributed by atoms with Crippen LogP contribution in [0.3, 0.4) is 0 Å². The van der Waals surface area contributed by atoms with Gasteiger partial charge in [-0.2, -0.15) is 0 Å². The van der Waals surface area contributed by atoms with Gasteiger partial charge in [0.25, 0.3) is 0 Å². The molecule has 0 fully saturated rings. The number of benzene rings is 2. The molecule has 0 saturated carbocycles. The summed E-state index contributed by atoms with van der Waals surface area (Å²) in [6.45, 7) is 9.45. The van der Waals surface area contributed by atoms with Gasteiger partial charge < -0.3 is 20.1 Å². The van der Waals surface area contributed by atoms with E-state index in [1.165, 1.54) is 6.26 Å². The van der Waals surface area contributed by atoms with Crippen LogP contribution >= 0.6 is 0 Å². The molecule has 2 rings (SSSR count). The smallest absolute Gasteiger partial charge is 0.191 e. The molecular weight excluding hydrogens is 414 g/mol. The fraction of sp³-hybridized carbons (Fsp3) is 0.435. The molecule has 2 aromatic carbocycles. The number of guanidine groups is 1. The van der Waals surface area contributed by atoms with E-state index in [0.717, 1.165) is 29.0 Å². The van der Waals surface area contributed by atoms with Crippen molar-refractivity contribution in [3.8, 4) is 5.75 Å². The molecule has 0 saturated heterocycles. The monoisotopic (exact) mass is 447 g/mol. The van der Waals surface area contributed by atoms with E-state index < -0.39 is 9.84 Å². The average Bonchev–Trinajstić information content (AvgIpc) is 2.74. The largest absolute Gasteiger partial charge is 0.491 e. The molecule has 0 atom stereocenters. The van der Waals surface area contributed by atoms with Crippen LogP contribution in [-0.2, 0) is 27.7 Å². The van der Waals surface area contributed by atoms with E-state index in [1.807, 2.05) is 32.9 Å². The van der Waals surface area contributed by atoms with Gasteiger partial charge in [-0.25, -0.2) is 13.4 Å². The van der Waals surface area contributed by atoms with E-state index in [4.69, 9.17) is 9.47 Å². The highest BCUT2D eigenvalue weighted by atomic mass is 32.2. The number of ether oxygens (including phenoxy) is 2. The highest BCUT2D eigenvalue weighted by molar-refractivity contribution is 7.90. The Labute approximate surface area is 185 Å². The number of nitrogens with zero attached hydrogens (tertiary/aromatic N) is 1. The van der Waals surface area contributed by atoms with Crippen molar-refractivity contribution in [2.24, 2.45) is 4.99 Å². The van der Waals surface area contributed by atoms with E-state index in [0.29, 0.717) is 43.8 Å². The third-order valence-corrected chi connectivity index (χ3v) is 5.60. The maximum absolute atomic E-state index is 11.6. The Kier molecular flexibility index (Phi) is 9.81. The van der Waals surface area contributed by atoms with Gasteiger partial charge in [-0.3, -0.25) is 0 Å². The van der Waals surface area contributed by atoms with Crippen LogP contribution in [0.1, 0.15) is 30.5 Å². The van der Waals surface area contributed by atoms with Crippen LogP contribution in [0.25, 0.3) is 0 Å². The Morgan fingerprint density at radius 2 is 1.77 bits per heavy atom. The molecule has 0 aromatic heterocycles. The standard InChI is InChI=1S/C23H33N3O4S/c1-5-24-23(25-16-19-8-11-21(12-9-19)31(4,27)28)26-17-20-10-7-18(3)15-22(20)30-14-13-29-6-2/h7-12,15H,5-6,13-14,16-17H2,1-4H3,(H2,24,25,26). The van der Waals surface area contributed by atoms with E-state index in [1.54, 1.807) is 24.3 Å². The number of hydrogen-bond acceptors (Lipinski definition) is 5. The van der Waals surface area contributed by atoms with Crippen molar-refractivity contribution >= 4 is 15.8 Å². The van der Waals surface area contributed by atoms with Gasteiger partial charge in [0.05, 0.1) is 18.0 Å². The summed E-state index contributed by atoms with van der Waals surface area (Å²) in [6.07, 6.45) is 1.20. The summed E-state index contributed by atoms with van der Waals surface area (Å²) >= 11 is 0. The first-order valence-corrected chi connectivity index (χ1v) is 12.3. The van der Waals surface area contributed by atoms with E-state index in [9.17, 15) is 8.42 Å². The normalized spacial score (nSPS) is 11.9. The molecule has 0 bridgehead atoms. The molecule has 2 aromatic rings. The van der Waals surface area contributed by atoms with Crippen molar-refractivity contribution in [1.29, 1.82) is 0 Å². The van der Waals surface area contributed by atoms with Crippen molar-refractivity contribution in [2.75, 3.05) is 32.6 Å². The zero-order valence-electron chi connectivity index (χ0n) is 18.8. The molecule has 8 heteroatoms. The molecule has 0 unspecified atom stereocenters. The van der Waals surface area contributed by atoms with Crippen molar-refractivity contribution < 1.29 is 17.9 Å². The summed E-state index contributed by atoms with van der Waals surface area (Å²) < 4.78 is 34.5. The maximum Gasteiger partial charge on any atom is 0.191 e. The van der Waals surface area contributed by atoms with Gasteiger partial charge in [0.15, 0.2) is 15.8 Å². The van der Waals surface area contributed by atoms with Crippen LogP contribution in [0.2, 0.25) is 0 Å². The minimum Gasteiger partial charge on any atom is -0.491 e. The number of sulfone groups is 1. The van der Waals surface area contributed by atoms with Crippen LogP contribution in [0.4, 0.5) is 0 Å². The quantitative estimate of drug-likeness (QED) is 0.313. The van der Waals surface area contributed by atoms with Crippen molar-refractivity contribution in [3.63, 3.8) is 0 Å². The molecule has 0 aliphatic rings. The lowest BCUT2D eigenvalue weighted by Gasteiger charge is -2.15. The van der Waals surface area contributed by atoms with Gasteiger partial charge in [0.2, 0.25) is 0 Å². The molecule has 7 nitrogen and oxygen atoms in total. The zero-order valence-corrected chi connectivity index (χ0v) is 19.6. The predicted octanol–water partition coefficient (Wildman–Crippen LogP) is 3.07. The number of aryl methyl sites for hydroxylation is 1. The fourth-order valence-corrected chi connectivity index (χ4v) is 3.46. The van der Waals surface area contributed by atoms with Gasteiger partial charge in [0, 0.05) is 31.5 Å². The third-order valence-electron chi connectivity index (χ3n) is 4.47. The van der Waals surface area contributed by atoms with Gasteiger partial charge in [-0.05, 0) is 50.1 Å². The summed E-state index contributed by atoms with van der Waals surface area (Å²) in [5.41, 5.74) is 3.10. The average molecular weight is 448 g/mol. The summed E-state index contributed by atoms with van der Waals surface area (Å²) in [6, 6.07) is 12.9. The Hall–Kier alpha value is -2.58. The van der Waals surface area contributed by atoms with Crippen molar-refractivity contribution in [3.05, 3.63) is 59.2 Å². The molecule has 0 radical (unpaired) electrons. The molecule has 170 valence electrons. The minimum absolute atomic E-state index is 0.307. The Morgan fingerprint density at radius 1 is 1.03 bits per heavy atom. The lowest BCUT2D eigenvalue weighted by molar-refractivity contribution is 0.110. The lowest BCUT2D eigenvalue weighted by Crippen LogP contribution is -2.36. The highest BCUT2D eigenvalue weighted by Gasteiger charge is 2.08. The Morgan fingerprint density at radius 3 is 2.42 bits per heavy atom. The molecule has 0 heterocycles. The SMILES string of the molecule is CCNC(=NCc1ccc(S(C)(=O)=O)cc1)NCc1ccc(C)cc1OCCOCC. The third kappa shape index (κ3) is 8.59. The summed E-state index contributed by atoms with van der Waals surface area (Å²) in [5, 5.41) is 6.57. The molecule has 0 aliphatic heterocycles. The molecule has 0 amide bonds. The molecular formula is C23H33N3O4S. The second-order valence-electron chi connectivity index (χ2n) is 7.12. The van der Waals surface area contributed by atoms with Gasteiger partial charge in [-0.1, -0.05) is 24.3 Å². The first-order valence-electron chi connectivity index (χ1n) is 10.4. The Balaban J connectivity index is 2.03. The van der Waals surface area contributed by atoms with Crippen LogP contribution in [0, 0.1) is 6.92 Å². The minimum atomic E-state index is -3.20. The molecule has 31 heavy (non-hydrogen) atoms. The van der Waals surface area contributed by atoms with E-state index >= 15 is 0 Å². The second-order valence-corrected chi connectivity index (χ2v) is 9.14. The maximum atomic E-state index is 11.6. The van der Waals surface area contributed by atoms with Gasteiger partial charge in [-0.15, -0.1) is 0 Å². The Bertz CT molecular complexity index is 957. The van der Waals surface area contributed by atoms with Gasteiger partial charge in [0.1, 0.15) is 12.4 Å². The van der Waals surface area contributed by atoms with E-state index in [-0.39, 0.29) is 0 Å².